The normalized spacial score (nSPS) is 12.5. The number of nitrogens with zero attached hydrogens (tertiary/aromatic N) is 1. The number of nitrogens with one attached hydrogen (secondary N) is 1. The summed E-state index contributed by atoms with van der Waals surface area (Å²) in [6.07, 6.45) is 0.304. The summed E-state index contributed by atoms with van der Waals surface area (Å²) < 4.78 is 0. The van der Waals surface area contributed by atoms with Gasteiger partial charge in [0.2, 0.25) is 0 Å². The first-order chi connectivity index (χ1) is 13.1. The lowest BCUT2D eigenvalue weighted by Crippen LogP contribution is -2.24. The first-order valence-electron chi connectivity index (χ1n) is 9.72. The van der Waals surface area contributed by atoms with Gasteiger partial charge in [0.25, 0.3) is 5.91 Å². The van der Waals surface area contributed by atoms with Crippen LogP contribution in [0.5, 0.6) is 0 Å². The molecule has 0 aliphatic heterocycles. The van der Waals surface area contributed by atoms with Gasteiger partial charge in [-0.25, -0.2) is 0 Å². The Bertz CT molecular complexity index is 875. The van der Waals surface area contributed by atoms with Crippen LogP contribution in [0.1, 0.15) is 84.8 Å². The molecular weight excluding hydrogens is 364 g/mol. The fourth-order valence-electron chi connectivity index (χ4n) is 3.27. The Morgan fingerprint density at radius 2 is 1.82 bits per heavy atom. The molecule has 0 fully saturated rings. The summed E-state index contributed by atoms with van der Waals surface area (Å²) in [6, 6.07) is 16.2. The van der Waals surface area contributed by atoms with Gasteiger partial charge in [-0.2, -0.15) is 17.9 Å². The van der Waals surface area contributed by atoms with Crippen molar-refractivity contribution in [3.63, 3.8) is 0 Å². The number of benzene rings is 2. The van der Waals surface area contributed by atoms with Crippen molar-refractivity contribution in [1.82, 2.24) is 5.32 Å². The maximum absolute atomic E-state index is 12.3. The highest BCUT2D eigenvalue weighted by molar-refractivity contribution is 7.80. The highest BCUT2D eigenvalue weighted by Gasteiger charge is 2.22. The Morgan fingerprint density at radius 1 is 1.14 bits per heavy atom. The molecular formula is C24H30N2OS. The molecule has 0 saturated heterocycles. The first-order valence-corrected chi connectivity index (χ1v) is 10.2. The number of carbonyl (C=O) groups is 1. The number of rotatable bonds is 6. The van der Waals surface area contributed by atoms with E-state index in [2.05, 4.69) is 58.1 Å². The van der Waals surface area contributed by atoms with Crippen LogP contribution in [0.15, 0.2) is 42.5 Å². The van der Waals surface area contributed by atoms with Gasteiger partial charge in [-0.1, -0.05) is 65.0 Å². The fraction of sp³-hybridized carbons (Fsp3) is 0.417. The molecule has 4 heteroatoms. The molecule has 2 aromatic rings. The van der Waals surface area contributed by atoms with E-state index in [1.54, 1.807) is 6.07 Å². The Balaban J connectivity index is 2.34. The summed E-state index contributed by atoms with van der Waals surface area (Å²) in [4.78, 5) is 12.3. The maximum Gasteiger partial charge on any atom is 0.251 e. The third-order valence-electron chi connectivity index (χ3n) is 4.81. The first kappa shape index (κ1) is 22.0. The second-order valence-electron chi connectivity index (χ2n) is 8.44. The highest BCUT2D eigenvalue weighted by Crippen LogP contribution is 2.36. The molecule has 2 aromatic carbocycles. The summed E-state index contributed by atoms with van der Waals surface area (Å²) >= 11 is 4.86. The van der Waals surface area contributed by atoms with Gasteiger partial charge in [0.1, 0.15) is 0 Å². The van der Waals surface area contributed by atoms with E-state index in [0.29, 0.717) is 24.4 Å². The highest BCUT2D eigenvalue weighted by atomic mass is 32.1. The minimum absolute atomic E-state index is 0.0472. The minimum Gasteiger partial charge on any atom is -0.351 e. The largest absolute Gasteiger partial charge is 0.351 e. The van der Waals surface area contributed by atoms with Crippen LogP contribution in [-0.4, -0.2) is 12.5 Å². The van der Waals surface area contributed by atoms with Crippen LogP contribution in [0, 0.1) is 11.3 Å². The molecule has 0 unspecified atom stereocenters. The van der Waals surface area contributed by atoms with E-state index in [-0.39, 0.29) is 16.6 Å². The van der Waals surface area contributed by atoms with Gasteiger partial charge in [-0.05, 0) is 45.7 Å². The topological polar surface area (TPSA) is 52.9 Å². The Morgan fingerprint density at radius 3 is 2.43 bits per heavy atom. The van der Waals surface area contributed by atoms with Crippen LogP contribution in [0.3, 0.4) is 0 Å². The molecule has 0 aromatic heterocycles. The zero-order chi connectivity index (χ0) is 20.9. The average Bonchev–Trinajstić information content (AvgIpc) is 2.66. The van der Waals surface area contributed by atoms with E-state index >= 15 is 0 Å². The lowest BCUT2D eigenvalue weighted by molar-refractivity contribution is 0.0954. The van der Waals surface area contributed by atoms with Gasteiger partial charge in [0, 0.05) is 12.1 Å². The third kappa shape index (κ3) is 5.39. The predicted molar refractivity (Wildman–Crippen MR) is 119 cm³/mol. The van der Waals surface area contributed by atoms with Gasteiger partial charge >= 0.3 is 0 Å². The van der Waals surface area contributed by atoms with Crippen LogP contribution >= 0.6 is 12.6 Å². The smallest absolute Gasteiger partial charge is 0.251 e. The van der Waals surface area contributed by atoms with Crippen LogP contribution in [0.25, 0.3) is 0 Å². The minimum atomic E-state index is -0.164. The summed E-state index contributed by atoms with van der Waals surface area (Å²) in [5.74, 6) is 0.297. The average molecular weight is 395 g/mol. The third-order valence-corrected chi connectivity index (χ3v) is 5.41. The van der Waals surface area contributed by atoms with Crippen molar-refractivity contribution in [2.75, 3.05) is 6.54 Å². The molecule has 1 N–H and O–H groups in total. The zero-order valence-corrected chi connectivity index (χ0v) is 18.3. The summed E-state index contributed by atoms with van der Waals surface area (Å²) in [7, 11) is 0. The number of thiol groups is 1. The van der Waals surface area contributed by atoms with Gasteiger partial charge in [0.15, 0.2) is 0 Å². The molecule has 2 rings (SSSR count). The Hall–Kier alpha value is -2.25. The van der Waals surface area contributed by atoms with Crippen molar-refractivity contribution in [2.45, 2.75) is 57.6 Å². The SMILES string of the molecule is CC(C)c1ccc([C@@H](S)c2cccc(C(=O)NCCC#N)c2)cc1C(C)(C)C. The molecule has 0 spiro atoms. The molecule has 1 amide bonds. The number of hydrogen-bond donors (Lipinski definition) is 2. The van der Waals surface area contributed by atoms with Crippen LogP contribution in [0.2, 0.25) is 0 Å². The van der Waals surface area contributed by atoms with Crippen molar-refractivity contribution in [3.05, 3.63) is 70.3 Å². The Kier molecular flexibility index (Phi) is 7.32. The van der Waals surface area contributed by atoms with Gasteiger partial charge in [-0.15, -0.1) is 0 Å². The van der Waals surface area contributed by atoms with Crippen LogP contribution in [0.4, 0.5) is 0 Å². The quantitative estimate of drug-likeness (QED) is 0.483. The molecule has 0 heterocycles. The van der Waals surface area contributed by atoms with Crippen molar-refractivity contribution in [2.24, 2.45) is 0 Å². The number of amides is 1. The number of carbonyl (C=O) groups excluding carboxylic acids is 1. The van der Waals surface area contributed by atoms with Crippen molar-refractivity contribution in [1.29, 1.82) is 5.26 Å². The number of nitriles is 1. The second kappa shape index (κ2) is 9.30. The second-order valence-corrected chi connectivity index (χ2v) is 8.96. The number of hydrogen-bond acceptors (Lipinski definition) is 3. The van der Waals surface area contributed by atoms with Crippen LogP contribution in [-0.2, 0) is 5.41 Å². The molecule has 148 valence electrons. The van der Waals surface area contributed by atoms with Crippen molar-refractivity contribution >= 4 is 18.5 Å². The summed E-state index contributed by atoms with van der Waals surface area (Å²) in [5, 5.41) is 11.3. The van der Waals surface area contributed by atoms with Crippen molar-refractivity contribution in [3.8, 4) is 6.07 Å². The van der Waals surface area contributed by atoms with Crippen LogP contribution < -0.4 is 5.32 Å². The summed E-state index contributed by atoms with van der Waals surface area (Å²) in [6.45, 7) is 11.5. The van der Waals surface area contributed by atoms with Gasteiger partial charge < -0.3 is 5.32 Å². The maximum atomic E-state index is 12.3. The molecule has 0 aliphatic carbocycles. The molecule has 0 radical (unpaired) electrons. The lowest BCUT2D eigenvalue weighted by atomic mass is 9.79. The monoisotopic (exact) mass is 394 g/mol. The standard InChI is InChI=1S/C24H30N2OS/c1-16(2)20-11-10-18(15-21(20)24(3,4)5)22(28)17-8-6-9-19(14-17)23(27)26-13-7-12-25/h6,8-11,14-16,22,28H,7,13H2,1-5H3,(H,26,27)/t22-/m0/s1. The van der Waals surface area contributed by atoms with E-state index in [9.17, 15) is 4.79 Å². The summed E-state index contributed by atoms with van der Waals surface area (Å²) in [5.41, 5.74) is 5.44. The van der Waals surface area contributed by atoms with E-state index in [1.165, 1.54) is 11.1 Å². The van der Waals surface area contributed by atoms with Gasteiger partial charge in [0.05, 0.1) is 17.7 Å². The van der Waals surface area contributed by atoms with E-state index in [0.717, 1.165) is 11.1 Å². The van der Waals surface area contributed by atoms with Gasteiger partial charge in [-0.3, -0.25) is 4.79 Å². The molecule has 3 nitrogen and oxygen atoms in total. The zero-order valence-electron chi connectivity index (χ0n) is 17.4. The molecule has 28 heavy (non-hydrogen) atoms. The molecule has 0 aliphatic rings. The fourth-order valence-corrected chi connectivity index (χ4v) is 3.59. The van der Waals surface area contributed by atoms with E-state index in [1.807, 2.05) is 24.3 Å². The molecule has 1 atom stereocenters. The van der Waals surface area contributed by atoms with E-state index < -0.39 is 0 Å². The Labute approximate surface area is 174 Å². The molecule has 0 saturated carbocycles. The van der Waals surface area contributed by atoms with E-state index in [4.69, 9.17) is 17.9 Å². The lowest BCUT2D eigenvalue weighted by Gasteiger charge is -2.27. The predicted octanol–water partition coefficient (Wildman–Crippen LogP) is 5.77. The molecule has 0 bridgehead atoms. The van der Waals surface area contributed by atoms with Crippen molar-refractivity contribution < 1.29 is 4.79 Å².